The number of benzene rings is 1. The lowest BCUT2D eigenvalue weighted by molar-refractivity contribution is -0.118. The van der Waals surface area contributed by atoms with E-state index in [0.717, 1.165) is 25.0 Å². The average molecular weight is 372 g/mol. The molecule has 3 N–H and O–H groups in total. The SMILES string of the molecule is CC(C)C(NC(=O)Nc1ccccc1)C(=O)Nc1nc2c(s1)CCCC2. The van der Waals surface area contributed by atoms with Crippen molar-refractivity contribution < 1.29 is 9.59 Å². The lowest BCUT2D eigenvalue weighted by atomic mass is 10.0. The van der Waals surface area contributed by atoms with Gasteiger partial charge in [-0.3, -0.25) is 4.79 Å². The zero-order valence-corrected chi connectivity index (χ0v) is 15.9. The van der Waals surface area contributed by atoms with Gasteiger partial charge in [-0.05, 0) is 43.7 Å². The highest BCUT2D eigenvalue weighted by Crippen LogP contribution is 2.29. The van der Waals surface area contributed by atoms with Crippen LogP contribution in [-0.4, -0.2) is 23.0 Å². The first-order chi connectivity index (χ1) is 12.5. The van der Waals surface area contributed by atoms with Crippen LogP contribution < -0.4 is 16.0 Å². The van der Waals surface area contributed by atoms with E-state index in [1.54, 1.807) is 23.5 Å². The number of amides is 3. The summed E-state index contributed by atoms with van der Waals surface area (Å²) < 4.78 is 0. The molecule has 0 aliphatic heterocycles. The van der Waals surface area contributed by atoms with Gasteiger partial charge >= 0.3 is 6.03 Å². The summed E-state index contributed by atoms with van der Waals surface area (Å²) in [5.74, 6) is -0.291. The Labute approximate surface area is 157 Å². The number of hydrogen-bond acceptors (Lipinski definition) is 4. The van der Waals surface area contributed by atoms with Crippen LogP contribution in [0.5, 0.6) is 0 Å². The molecule has 1 aromatic heterocycles. The van der Waals surface area contributed by atoms with Crippen molar-refractivity contribution in [3.63, 3.8) is 0 Å². The molecule has 2 aromatic rings. The number of carbonyl (C=O) groups is 2. The summed E-state index contributed by atoms with van der Waals surface area (Å²) in [6, 6.07) is 8.11. The number of para-hydroxylation sites is 1. The van der Waals surface area contributed by atoms with Gasteiger partial charge in [0.15, 0.2) is 5.13 Å². The number of rotatable bonds is 5. The predicted octanol–water partition coefficient (Wildman–Crippen LogP) is 3.81. The van der Waals surface area contributed by atoms with E-state index in [9.17, 15) is 9.59 Å². The molecule has 3 rings (SSSR count). The van der Waals surface area contributed by atoms with E-state index in [2.05, 4.69) is 20.9 Å². The second kappa shape index (κ2) is 8.31. The zero-order chi connectivity index (χ0) is 18.5. The Balaban J connectivity index is 1.62. The molecule has 3 amide bonds. The van der Waals surface area contributed by atoms with Crippen LogP contribution in [0.25, 0.3) is 0 Å². The number of urea groups is 1. The summed E-state index contributed by atoms with van der Waals surface area (Å²) in [4.78, 5) is 30.7. The molecule has 0 saturated heterocycles. The van der Waals surface area contributed by atoms with Gasteiger partial charge in [0.1, 0.15) is 6.04 Å². The Morgan fingerprint density at radius 3 is 2.50 bits per heavy atom. The minimum absolute atomic E-state index is 0.0499. The van der Waals surface area contributed by atoms with Gasteiger partial charge in [0.25, 0.3) is 0 Å². The smallest absolute Gasteiger partial charge is 0.319 e. The number of fused-ring (bicyclic) bond motifs is 1. The second-order valence-electron chi connectivity index (χ2n) is 6.77. The quantitative estimate of drug-likeness (QED) is 0.746. The fraction of sp³-hybridized carbons (Fsp3) is 0.421. The number of nitrogens with zero attached hydrogens (tertiary/aromatic N) is 1. The highest BCUT2D eigenvalue weighted by molar-refractivity contribution is 7.15. The molecule has 26 heavy (non-hydrogen) atoms. The van der Waals surface area contributed by atoms with Crippen LogP contribution in [0.1, 0.15) is 37.3 Å². The molecule has 1 heterocycles. The van der Waals surface area contributed by atoms with Crippen molar-refractivity contribution >= 4 is 34.1 Å². The maximum absolute atomic E-state index is 12.7. The van der Waals surface area contributed by atoms with Crippen LogP contribution in [0.15, 0.2) is 30.3 Å². The summed E-state index contributed by atoms with van der Waals surface area (Å²) in [6.45, 7) is 3.81. The topological polar surface area (TPSA) is 83.1 Å². The standard InChI is InChI=1S/C19H24N4O2S/c1-12(2)16(22-18(25)20-13-8-4-3-5-9-13)17(24)23-19-21-14-10-6-7-11-15(14)26-19/h3-5,8-9,12,16H,6-7,10-11H2,1-2H3,(H2,20,22,25)(H,21,23,24). The zero-order valence-electron chi connectivity index (χ0n) is 15.0. The third-order valence-corrected chi connectivity index (χ3v) is 5.42. The molecule has 7 heteroatoms. The first kappa shape index (κ1) is 18.4. The van der Waals surface area contributed by atoms with E-state index in [-0.39, 0.29) is 11.8 Å². The summed E-state index contributed by atoms with van der Waals surface area (Å²) >= 11 is 1.54. The molecule has 1 aliphatic rings. The van der Waals surface area contributed by atoms with Gasteiger partial charge in [0.2, 0.25) is 5.91 Å². The molecule has 1 aliphatic carbocycles. The number of nitrogens with one attached hydrogen (secondary N) is 3. The van der Waals surface area contributed by atoms with Gasteiger partial charge in [-0.1, -0.05) is 32.0 Å². The molecule has 0 bridgehead atoms. The average Bonchev–Trinajstić information content (AvgIpc) is 3.02. The molecule has 6 nitrogen and oxygen atoms in total. The number of anilines is 2. The fourth-order valence-corrected chi connectivity index (χ4v) is 4.01. The molecule has 0 radical (unpaired) electrons. The second-order valence-corrected chi connectivity index (χ2v) is 7.86. The lowest BCUT2D eigenvalue weighted by Gasteiger charge is -2.21. The predicted molar refractivity (Wildman–Crippen MR) is 105 cm³/mol. The number of thiazole rings is 1. The molecule has 1 unspecified atom stereocenters. The van der Waals surface area contributed by atoms with Gasteiger partial charge in [0, 0.05) is 10.6 Å². The molecular formula is C19H24N4O2S. The van der Waals surface area contributed by atoms with Gasteiger partial charge in [-0.2, -0.15) is 0 Å². The number of aromatic nitrogens is 1. The summed E-state index contributed by atoms with van der Waals surface area (Å²) in [5.41, 5.74) is 1.79. The Morgan fingerprint density at radius 1 is 1.08 bits per heavy atom. The molecule has 0 fully saturated rings. The third-order valence-electron chi connectivity index (χ3n) is 4.34. The van der Waals surface area contributed by atoms with Crippen LogP contribution in [0.3, 0.4) is 0 Å². The van der Waals surface area contributed by atoms with Crippen molar-refractivity contribution in [2.45, 2.75) is 45.6 Å². The Kier molecular flexibility index (Phi) is 5.88. The van der Waals surface area contributed by atoms with Crippen LogP contribution in [0.2, 0.25) is 0 Å². The highest BCUT2D eigenvalue weighted by Gasteiger charge is 2.26. The maximum Gasteiger partial charge on any atom is 0.319 e. The largest absolute Gasteiger partial charge is 0.326 e. The summed E-state index contributed by atoms with van der Waals surface area (Å²) in [7, 11) is 0. The number of hydrogen-bond donors (Lipinski definition) is 3. The van der Waals surface area contributed by atoms with E-state index < -0.39 is 12.1 Å². The van der Waals surface area contributed by atoms with Crippen molar-refractivity contribution in [2.75, 3.05) is 10.6 Å². The minimum atomic E-state index is -0.639. The normalized spacial score (nSPS) is 14.4. The van der Waals surface area contributed by atoms with Crippen molar-refractivity contribution in [3.8, 4) is 0 Å². The van der Waals surface area contributed by atoms with Crippen LogP contribution in [0.4, 0.5) is 15.6 Å². The van der Waals surface area contributed by atoms with Crippen molar-refractivity contribution in [1.82, 2.24) is 10.3 Å². The summed E-state index contributed by atoms with van der Waals surface area (Å²) in [6.07, 6.45) is 4.35. The first-order valence-corrected chi connectivity index (χ1v) is 9.76. The van der Waals surface area contributed by atoms with Gasteiger partial charge in [-0.25, -0.2) is 9.78 Å². The van der Waals surface area contributed by atoms with Crippen LogP contribution >= 0.6 is 11.3 Å². The van der Waals surface area contributed by atoms with E-state index in [1.807, 2.05) is 32.0 Å². The Morgan fingerprint density at radius 2 is 1.81 bits per heavy atom. The fourth-order valence-electron chi connectivity index (χ4n) is 2.95. The molecule has 0 spiro atoms. The lowest BCUT2D eigenvalue weighted by Crippen LogP contribution is -2.48. The van der Waals surface area contributed by atoms with E-state index in [4.69, 9.17) is 0 Å². The molecule has 1 aromatic carbocycles. The van der Waals surface area contributed by atoms with Crippen molar-refractivity contribution in [2.24, 2.45) is 5.92 Å². The molecule has 0 saturated carbocycles. The maximum atomic E-state index is 12.7. The first-order valence-electron chi connectivity index (χ1n) is 8.95. The van der Waals surface area contributed by atoms with Crippen molar-refractivity contribution in [3.05, 3.63) is 40.9 Å². The van der Waals surface area contributed by atoms with Crippen LogP contribution in [0, 0.1) is 5.92 Å². The Bertz CT molecular complexity index is 750. The van der Waals surface area contributed by atoms with Crippen LogP contribution in [-0.2, 0) is 17.6 Å². The molecule has 138 valence electrons. The van der Waals surface area contributed by atoms with Gasteiger partial charge < -0.3 is 16.0 Å². The highest BCUT2D eigenvalue weighted by atomic mass is 32.1. The van der Waals surface area contributed by atoms with Gasteiger partial charge in [0.05, 0.1) is 5.69 Å². The monoisotopic (exact) mass is 372 g/mol. The van der Waals surface area contributed by atoms with Gasteiger partial charge in [-0.15, -0.1) is 11.3 Å². The minimum Gasteiger partial charge on any atom is -0.326 e. The van der Waals surface area contributed by atoms with Crippen molar-refractivity contribution in [1.29, 1.82) is 0 Å². The number of carbonyl (C=O) groups excluding carboxylic acids is 2. The van der Waals surface area contributed by atoms with E-state index >= 15 is 0 Å². The molecular weight excluding hydrogens is 348 g/mol. The van der Waals surface area contributed by atoms with E-state index in [1.165, 1.54) is 11.3 Å². The Hall–Kier alpha value is -2.41. The summed E-state index contributed by atoms with van der Waals surface area (Å²) in [5, 5.41) is 9.00. The van der Waals surface area contributed by atoms with E-state index in [0.29, 0.717) is 10.8 Å². The number of aryl methyl sites for hydroxylation is 2. The molecule has 1 atom stereocenters. The third kappa shape index (κ3) is 4.60.